The van der Waals surface area contributed by atoms with E-state index in [9.17, 15) is 15.0 Å². The third-order valence-electron chi connectivity index (χ3n) is 4.53. The molecule has 0 aliphatic carbocycles. The van der Waals surface area contributed by atoms with Crippen LogP contribution >= 0.6 is 0 Å². The molecule has 0 unspecified atom stereocenters. The highest BCUT2D eigenvalue weighted by Gasteiger charge is 2.20. The lowest BCUT2D eigenvalue weighted by Crippen LogP contribution is -2.15. The lowest BCUT2D eigenvalue weighted by Gasteiger charge is -2.14. The van der Waals surface area contributed by atoms with Gasteiger partial charge >= 0.3 is 6.16 Å². The van der Waals surface area contributed by atoms with Crippen LogP contribution in [0.1, 0.15) is 0 Å². The molecule has 148 valence electrons. The molecule has 0 saturated carbocycles. The second-order valence-electron chi connectivity index (χ2n) is 6.49. The van der Waals surface area contributed by atoms with Gasteiger partial charge in [-0.05, 0) is 23.3 Å². The van der Waals surface area contributed by atoms with Crippen molar-refractivity contribution in [1.82, 2.24) is 0 Å². The zero-order valence-electron chi connectivity index (χ0n) is 15.9. The number of carbonyl (C=O) groups excluding carboxylic acids is 1. The molecule has 0 aliphatic rings. The molecule has 2 N–H and O–H groups in total. The maximum absolute atomic E-state index is 12.6. The van der Waals surface area contributed by atoms with E-state index in [1.54, 1.807) is 24.3 Å². The van der Waals surface area contributed by atoms with Crippen molar-refractivity contribution >= 4 is 6.16 Å². The van der Waals surface area contributed by atoms with Gasteiger partial charge in [-0.15, -0.1) is 0 Å². The van der Waals surface area contributed by atoms with Gasteiger partial charge in [0.05, 0.1) is 0 Å². The van der Waals surface area contributed by atoms with Crippen LogP contribution in [0.5, 0.6) is 23.0 Å². The molecule has 0 atom stereocenters. The Balaban J connectivity index is 1.65. The maximum Gasteiger partial charge on any atom is 0.519 e. The third kappa shape index (κ3) is 3.95. The maximum atomic E-state index is 12.6. The van der Waals surface area contributed by atoms with Crippen LogP contribution in [0.3, 0.4) is 0 Å². The Kier molecular flexibility index (Phi) is 5.35. The molecule has 0 bridgehead atoms. The molecular weight excluding hydrogens is 380 g/mol. The monoisotopic (exact) mass is 398 g/mol. The van der Waals surface area contributed by atoms with E-state index in [0.29, 0.717) is 11.1 Å². The van der Waals surface area contributed by atoms with Crippen molar-refractivity contribution in [1.29, 1.82) is 0 Å². The molecule has 0 heterocycles. The predicted molar refractivity (Wildman–Crippen MR) is 114 cm³/mol. The molecule has 0 fully saturated rings. The van der Waals surface area contributed by atoms with Crippen LogP contribution in [-0.2, 0) is 0 Å². The Bertz CT molecular complexity index is 1080. The van der Waals surface area contributed by atoms with E-state index in [1.165, 1.54) is 12.1 Å². The summed E-state index contributed by atoms with van der Waals surface area (Å²) < 4.78 is 10.7. The van der Waals surface area contributed by atoms with Crippen molar-refractivity contribution in [3.05, 3.63) is 97.1 Å². The summed E-state index contributed by atoms with van der Waals surface area (Å²) in [6.45, 7) is 0. The molecule has 0 aromatic heterocycles. The van der Waals surface area contributed by atoms with Crippen molar-refractivity contribution in [2.75, 3.05) is 0 Å². The van der Waals surface area contributed by atoms with Gasteiger partial charge in [0.2, 0.25) is 0 Å². The fourth-order valence-electron chi connectivity index (χ4n) is 3.14. The van der Waals surface area contributed by atoms with Gasteiger partial charge in [-0.25, -0.2) is 4.79 Å². The minimum absolute atomic E-state index is 0.0228. The van der Waals surface area contributed by atoms with Crippen LogP contribution in [0, 0.1) is 0 Å². The largest absolute Gasteiger partial charge is 0.519 e. The van der Waals surface area contributed by atoms with Gasteiger partial charge in [-0.2, -0.15) is 0 Å². The molecule has 4 aromatic rings. The molecule has 5 nitrogen and oxygen atoms in total. The number of ether oxygens (including phenoxy) is 2. The van der Waals surface area contributed by atoms with E-state index in [-0.39, 0.29) is 23.0 Å². The first-order valence-corrected chi connectivity index (χ1v) is 9.28. The van der Waals surface area contributed by atoms with Crippen LogP contribution in [0.15, 0.2) is 97.1 Å². The zero-order chi connectivity index (χ0) is 20.9. The Morgan fingerprint density at radius 1 is 0.533 bits per heavy atom. The molecule has 0 amide bonds. The summed E-state index contributed by atoms with van der Waals surface area (Å²) >= 11 is 0. The number of phenolic OH excluding ortho intramolecular Hbond substituents is 2. The highest BCUT2D eigenvalue weighted by atomic mass is 16.7. The minimum Gasteiger partial charge on any atom is -0.504 e. The minimum atomic E-state index is -1.08. The number of hydrogen-bond donors (Lipinski definition) is 2. The number of hydrogen-bond acceptors (Lipinski definition) is 5. The molecule has 4 aromatic carbocycles. The van der Waals surface area contributed by atoms with E-state index in [1.807, 2.05) is 60.7 Å². The molecule has 30 heavy (non-hydrogen) atoms. The van der Waals surface area contributed by atoms with Crippen molar-refractivity contribution in [3.8, 4) is 45.3 Å². The Labute approximate surface area is 173 Å². The van der Waals surface area contributed by atoms with E-state index in [4.69, 9.17) is 9.47 Å². The smallest absolute Gasteiger partial charge is 0.504 e. The van der Waals surface area contributed by atoms with Crippen LogP contribution in [0.25, 0.3) is 22.3 Å². The highest BCUT2D eigenvalue weighted by Crippen LogP contribution is 2.40. The standard InChI is InChI=1S/C25H18O5/c26-21-15-7-13-19(17-9-3-1-4-10-17)23(21)29-25(28)30-24-20(14-8-16-22(24)27)18-11-5-2-6-12-18/h1-16,26-27H. The van der Waals surface area contributed by atoms with E-state index < -0.39 is 6.16 Å². The SMILES string of the molecule is O=C(Oc1c(O)cccc1-c1ccccc1)Oc1c(O)cccc1-c1ccccc1. The molecule has 0 radical (unpaired) electrons. The van der Waals surface area contributed by atoms with E-state index >= 15 is 0 Å². The fourth-order valence-corrected chi connectivity index (χ4v) is 3.14. The predicted octanol–water partition coefficient (Wildman–Crippen LogP) is 6.01. The van der Waals surface area contributed by atoms with Crippen molar-refractivity contribution in [2.24, 2.45) is 0 Å². The first-order valence-electron chi connectivity index (χ1n) is 9.28. The van der Waals surface area contributed by atoms with Gasteiger partial charge in [0.25, 0.3) is 0 Å². The topological polar surface area (TPSA) is 76.0 Å². The van der Waals surface area contributed by atoms with Crippen LogP contribution < -0.4 is 9.47 Å². The summed E-state index contributed by atoms with van der Waals surface area (Å²) in [5.74, 6) is -0.446. The quantitative estimate of drug-likeness (QED) is 0.325. The lowest BCUT2D eigenvalue weighted by molar-refractivity contribution is 0.149. The summed E-state index contributed by atoms with van der Waals surface area (Å²) in [6, 6.07) is 28.1. The molecule has 0 saturated heterocycles. The summed E-state index contributed by atoms with van der Waals surface area (Å²) in [7, 11) is 0. The van der Waals surface area contributed by atoms with Gasteiger partial charge in [0.1, 0.15) is 0 Å². The molecule has 5 heteroatoms. The average molecular weight is 398 g/mol. The Morgan fingerprint density at radius 3 is 1.33 bits per heavy atom. The van der Waals surface area contributed by atoms with Gasteiger partial charge in [0, 0.05) is 11.1 Å². The summed E-state index contributed by atoms with van der Waals surface area (Å²) in [5.41, 5.74) is 2.61. The number of benzene rings is 4. The third-order valence-corrected chi connectivity index (χ3v) is 4.53. The summed E-state index contributed by atoms with van der Waals surface area (Å²) in [6.07, 6.45) is -1.08. The van der Waals surface area contributed by atoms with Crippen LogP contribution in [-0.4, -0.2) is 16.4 Å². The van der Waals surface area contributed by atoms with Crippen molar-refractivity contribution in [3.63, 3.8) is 0 Å². The van der Waals surface area contributed by atoms with Gasteiger partial charge in [0.15, 0.2) is 23.0 Å². The number of phenols is 2. The van der Waals surface area contributed by atoms with Crippen LogP contribution in [0.2, 0.25) is 0 Å². The summed E-state index contributed by atoms with van der Waals surface area (Å²) in [5, 5.41) is 20.5. The molecule has 4 rings (SSSR count). The Hall–Kier alpha value is -4.25. The normalized spacial score (nSPS) is 10.4. The van der Waals surface area contributed by atoms with E-state index in [2.05, 4.69) is 0 Å². The first kappa shape index (κ1) is 19.1. The number of rotatable bonds is 4. The van der Waals surface area contributed by atoms with Crippen molar-refractivity contribution in [2.45, 2.75) is 0 Å². The molecule has 0 spiro atoms. The zero-order valence-corrected chi connectivity index (χ0v) is 15.9. The van der Waals surface area contributed by atoms with Crippen molar-refractivity contribution < 1.29 is 24.5 Å². The lowest BCUT2D eigenvalue weighted by atomic mass is 10.0. The average Bonchev–Trinajstić information content (AvgIpc) is 2.78. The Morgan fingerprint density at radius 2 is 0.933 bits per heavy atom. The second-order valence-corrected chi connectivity index (χ2v) is 6.49. The molecule has 0 aliphatic heterocycles. The second kappa shape index (κ2) is 8.41. The highest BCUT2D eigenvalue weighted by molar-refractivity contribution is 5.81. The van der Waals surface area contributed by atoms with Gasteiger partial charge < -0.3 is 19.7 Å². The number of para-hydroxylation sites is 2. The van der Waals surface area contributed by atoms with Gasteiger partial charge in [-0.1, -0.05) is 84.9 Å². The fraction of sp³-hybridized carbons (Fsp3) is 0. The van der Waals surface area contributed by atoms with Crippen LogP contribution in [0.4, 0.5) is 4.79 Å². The van der Waals surface area contributed by atoms with Gasteiger partial charge in [-0.3, -0.25) is 0 Å². The van der Waals surface area contributed by atoms with E-state index in [0.717, 1.165) is 11.1 Å². The molecular formula is C25H18O5. The number of carbonyl (C=O) groups is 1. The first-order chi connectivity index (χ1) is 14.6. The number of aromatic hydroxyl groups is 2. The summed E-state index contributed by atoms with van der Waals surface area (Å²) in [4.78, 5) is 12.6.